The number of carbonyl (C=O) groups is 3. The van der Waals surface area contributed by atoms with Crippen molar-refractivity contribution in [2.75, 3.05) is 13.2 Å². The highest BCUT2D eigenvalue weighted by atomic mass is 16.6. The second-order valence-electron chi connectivity index (χ2n) is 17.6. The molecule has 1 atom stereocenters. The van der Waals surface area contributed by atoms with Gasteiger partial charge in [0.2, 0.25) is 0 Å². The lowest BCUT2D eigenvalue weighted by Crippen LogP contribution is -2.30. The van der Waals surface area contributed by atoms with E-state index in [1.807, 2.05) is 0 Å². The lowest BCUT2D eigenvalue weighted by molar-refractivity contribution is -0.167. The van der Waals surface area contributed by atoms with Gasteiger partial charge >= 0.3 is 17.9 Å². The minimum Gasteiger partial charge on any atom is -0.462 e. The van der Waals surface area contributed by atoms with Crippen LogP contribution in [0.5, 0.6) is 0 Å². The average molecular weight is 793 g/mol. The molecule has 6 heteroatoms. The highest BCUT2D eigenvalue weighted by molar-refractivity contribution is 5.71. The molecule has 56 heavy (non-hydrogen) atoms. The lowest BCUT2D eigenvalue weighted by atomic mass is 10.0. The molecule has 6 nitrogen and oxygen atoms in total. The van der Waals surface area contributed by atoms with Crippen LogP contribution in [0.4, 0.5) is 0 Å². The Morgan fingerprint density at radius 2 is 0.589 bits per heavy atom. The summed E-state index contributed by atoms with van der Waals surface area (Å²) in [5.41, 5.74) is 0. The van der Waals surface area contributed by atoms with Gasteiger partial charge in [0.15, 0.2) is 6.10 Å². The quantitative estimate of drug-likeness (QED) is 0.0347. The molecule has 0 unspecified atom stereocenters. The summed E-state index contributed by atoms with van der Waals surface area (Å²) in [6, 6.07) is 0. The van der Waals surface area contributed by atoms with Crippen molar-refractivity contribution in [3.8, 4) is 0 Å². The molecular weight excluding hydrogens is 697 g/mol. The number of ether oxygens (including phenoxy) is 3. The largest absolute Gasteiger partial charge is 0.462 e. The van der Waals surface area contributed by atoms with Crippen molar-refractivity contribution in [1.82, 2.24) is 0 Å². The average Bonchev–Trinajstić information content (AvgIpc) is 3.18. The predicted molar refractivity (Wildman–Crippen MR) is 238 cm³/mol. The molecular formula is C50H96O6. The van der Waals surface area contributed by atoms with Crippen LogP contribution in [0.1, 0.15) is 278 Å². The molecule has 0 bridgehead atoms. The van der Waals surface area contributed by atoms with Gasteiger partial charge in [-0.25, -0.2) is 0 Å². The Bertz CT molecular complexity index is 841. The SMILES string of the molecule is CCCCCCCCCCCCCCCCC(=O)OC[C@H](COC(=O)CCCCCCCCCCCCCC)OC(=O)CCCCCCCCCCCC(C)C. The molecule has 0 saturated carbocycles. The molecule has 0 aliphatic rings. The van der Waals surface area contributed by atoms with Gasteiger partial charge in [-0.2, -0.15) is 0 Å². The Labute approximate surface area is 348 Å². The molecule has 0 aromatic heterocycles. The molecule has 0 aliphatic carbocycles. The number of hydrogen-bond acceptors (Lipinski definition) is 6. The second kappa shape index (κ2) is 44.5. The fraction of sp³-hybridized carbons (Fsp3) is 0.940. The predicted octanol–water partition coefficient (Wildman–Crippen LogP) is 15.9. The van der Waals surface area contributed by atoms with Gasteiger partial charge in [0.1, 0.15) is 13.2 Å². The van der Waals surface area contributed by atoms with Gasteiger partial charge in [0.25, 0.3) is 0 Å². The number of rotatable bonds is 45. The van der Waals surface area contributed by atoms with E-state index in [1.54, 1.807) is 0 Å². The van der Waals surface area contributed by atoms with E-state index in [0.29, 0.717) is 19.3 Å². The summed E-state index contributed by atoms with van der Waals surface area (Å²) in [6.45, 7) is 8.99. The van der Waals surface area contributed by atoms with Gasteiger partial charge in [-0.15, -0.1) is 0 Å². The van der Waals surface area contributed by atoms with Crippen molar-refractivity contribution < 1.29 is 28.6 Å². The Morgan fingerprint density at radius 3 is 0.875 bits per heavy atom. The molecule has 0 amide bonds. The Hall–Kier alpha value is -1.59. The maximum Gasteiger partial charge on any atom is 0.306 e. The highest BCUT2D eigenvalue weighted by Crippen LogP contribution is 2.17. The summed E-state index contributed by atoms with van der Waals surface area (Å²) in [7, 11) is 0. The van der Waals surface area contributed by atoms with Crippen molar-refractivity contribution >= 4 is 17.9 Å². The van der Waals surface area contributed by atoms with Gasteiger partial charge in [0, 0.05) is 19.3 Å². The van der Waals surface area contributed by atoms with E-state index in [9.17, 15) is 14.4 Å². The summed E-state index contributed by atoms with van der Waals surface area (Å²) < 4.78 is 16.8. The first-order valence-corrected chi connectivity index (χ1v) is 24.9. The topological polar surface area (TPSA) is 78.9 Å². The first-order chi connectivity index (χ1) is 27.4. The molecule has 0 radical (unpaired) electrons. The van der Waals surface area contributed by atoms with Crippen LogP contribution in [-0.2, 0) is 28.6 Å². The zero-order chi connectivity index (χ0) is 41.0. The monoisotopic (exact) mass is 793 g/mol. The van der Waals surface area contributed by atoms with Crippen LogP contribution in [0.25, 0.3) is 0 Å². The highest BCUT2D eigenvalue weighted by Gasteiger charge is 2.19. The molecule has 0 spiro atoms. The summed E-state index contributed by atoms with van der Waals surface area (Å²) in [5, 5.41) is 0. The molecule has 0 saturated heterocycles. The van der Waals surface area contributed by atoms with Crippen molar-refractivity contribution in [2.24, 2.45) is 5.92 Å². The van der Waals surface area contributed by atoms with Crippen LogP contribution in [0.2, 0.25) is 0 Å². The minimum atomic E-state index is -0.760. The third-order valence-electron chi connectivity index (χ3n) is 11.3. The number of esters is 3. The van der Waals surface area contributed by atoms with Crippen molar-refractivity contribution in [2.45, 2.75) is 284 Å². The summed E-state index contributed by atoms with van der Waals surface area (Å²) in [5.74, 6) is -0.0423. The van der Waals surface area contributed by atoms with E-state index >= 15 is 0 Å². The standard InChI is InChI=1S/C50H96O6/c1-5-7-9-11-13-15-17-19-20-22-26-30-34-38-42-49(52)55-45-47(56-50(53)43-39-35-31-27-23-24-28-32-36-40-46(3)4)44-54-48(51)41-37-33-29-25-21-18-16-14-12-10-8-6-2/h46-47H,5-45H2,1-4H3/t47-/m0/s1. The van der Waals surface area contributed by atoms with E-state index < -0.39 is 6.10 Å². The van der Waals surface area contributed by atoms with Crippen LogP contribution < -0.4 is 0 Å². The minimum absolute atomic E-state index is 0.0633. The van der Waals surface area contributed by atoms with E-state index in [-0.39, 0.29) is 31.1 Å². The van der Waals surface area contributed by atoms with Crippen molar-refractivity contribution in [3.63, 3.8) is 0 Å². The van der Waals surface area contributed by atoms with Crippen LogP contribution >= 0.6 is 0 Å². The van der Waals surface area contributed by atoms with Crippen molar-refractivity contribution in [3.05, 3.63) is 0 Å². The normalized spacial score (nSPS) is 11.9. The lowest BCUT2D eigenvalue weighted by Gasteiger charge is -2.18. The van der Waals surface area contributed by atoms with Gasteiger partial charge in [-0.3, -0.25) is 14.4 Å². The maximum absolute atomic E-state index is 12.7. The van der Waals surface area contributed by atoms with E-state index in [1.165, 1.54) is 173 Å². The second-order valence-corrected chi connectivity index (χ2v) is 17.6. The van der Waals surface area contributed by atoms with E-state index in [0.717, 1.165) is 63.7 Å². The molecule has 0 rings (SSSR count). The molecule has 0 aliphatic heterocycles. The fourth-order valence-corrected chi connectivity index (χ4v) is 7.51. The van der Waals surface area contributed by atoms with Crippen LogP contribution in [0.15, 0.2) is 0 Å². The summed E-state index contributed by atoms with van der Waals surface area (Å²) in [4.78, 5) is 37.8. The molecule has 0 aromatic carbocycles. The molecule has 0 N–H and O–H groups in total. The van der Waals surface area contributed by atoms with Gasteiger partial charge in [-0.1, -0.05) is 240 Å². The van der Waals surface area contributed by atoms with Crippen LogP contribution in [0.3, 0.4) is 0 Å². The van der Waals surface area contributed by atoms with Gasteiger partial charge in [-0.05, 0) is 25.2 Å². The number of carbonyl (C=O) groups excluding carboxylic acids is 3. The van der Waals surface area contributed by atoms with E-state index in [2.05, 4.69) is 27.7 Å². The molecule has 332 valence electrons. The van der Waals surface area contributed by atoms with Crippen LogP contribution in [-0.4, -0.2) is 37.2 Å². The third kappa shape index (κ3) is 43.5. The first kappa shape index (κ1) is 54.4. The number of unbranched alkanes of at least 4 members (excludes halogenated alkanes) is 32. The molecule has 0 heterocycles. The zero-order valence-electron chi connectivity index (χ0n) is 38.1. The Morgan fingerprint density at radius 1 is 0.339 bits per heavy atom. The van der Waals surface area contributed by atoms with E-state index in [4.69, 9.17) is 14.2 Å². The zero-order valence-corrected chi connectivity index (χ0v) is 38.1. The maximum atomic E-state index is 12.7. The fourth-order valence-electron chi connectivity index (χ4n) is 7.51. The molecule has 0 aromatic rings. The third-order valence-corrected chi connectivity index (χ3v) is 11.3. The molecule has 0 fully saturated rings. The summed E-state index contributed by atoms with van der Waals surface area (Å²) in [6.07, 6.45) is 45.1. The Balaban J connectivity index is 4.31. The van der Waals surface area contributed by atoms with Gasteiger partial charge in [0.05, 0.1) is 0 Å². The smallest absolute Gasteiger partial charge is 0.306 e. The van der Waals surface area contributed by atoms with Crippen LogP contribution in [0, 0.1) is 5.92 Å². The summed E-state index contributed by atoms with van der Waals surface area (Å²) >= 11 is 0. The first-order valence-electron chi connectivity index (χ1n) is 24.9. The number of hydrogen-bond donors (Lipinski definition) is 0. The van der Waals surface area contributed by atoms with Crippen molar-refractivity contribution in [1.29, 1.82) is 0 Å². The van der Waals surface area contributed by atoms with Gasteiger partial charge < -0.3 is 14.2 Å². The Kier molecular flexibility index (Phi) is 43.2.